The monoisotopic (exact) mass is 239 g/mol. The van der Waals surface area contributed by atoms with Crippen LogP contribution in [0.1, 0.15) is 32.4 Å². The summed E-state index contributed by atoms with van der Waals surface area (Å²) in [4.78, 5) is 2.35. The van der Waals surface area contributed by atoms with E-state index >= 15 is 0 Å². The summed E-state index contributed by atoms with van der Waals surface area (Å²) in [6.07, 6.45) is 2.55. The molecular formula is C12H18ClN3. The second kappa shape index (κ2) is 5.00. The molecule has 1 aromatic heterocycles. The van der Waals surface area contributed by atoms with Crippen molar-refractivity contribution < 1.29 is 0 Å². The maximum Gasteiger partial charge on any atom is 0.151 e. The molecule has 1 aliphatic heterocycles. The molecule has 2 heterocycles. The van der Waals surface area contributed by atoms with Crippen molar-refractivity contribution in [2.75, 3.05) is 11.4 Å². The molecule has 2 rings (SSSR count). The van der Waals surface area contributed by atoms with Gasteiger partial charge in [0, 0.05) is 12.6 Å². The summed E-state index contributed by atoms with van der Waals surface area (Å²) in [6.45, 7) is 5.62. The number of aromatic nitrogens is 2. The molecule has 0 aromatic carbocycles. The summed E-state index contributed by atoms with van der Waals surface area (Å²) in [5, 5.41) is 8.36. The lowest BCUT2D eigenvalue weighted by atomic mass is 9.95. The third-order valence-electron chi connectivity index (χ3n) is 3.25. The Morgan fingerprint density at radius 2 is 2.12 bits per heavy atom. The summed E-state index contributed by atoms with van der Waals surface area (Å²) in [7, 11) is 0. The van der Waals surface area contributed by atoms with Gasteiger partial charge < -0.3 is 4.90 Å². The van der Waals surface area contributed by atoms with Gasteiger partial charge in [0.1, 0.15) is 0 Å². The maximum atomic E-state index is 5.70. The summed E-state index contributed by atoms with van der Waals surface area (Å²) >= 11 is 5.70. The molecule has 1 fully saturated rings. The van der Waals surface area contributed by atoms with Crippen LogP contribution >= 0.6 is 11.6 Å². The van der Waals surface area contributed by atoms with Gasteiger partial charge in [-0.25, -0.2) is 0 Å². The Balaban J connectivity index is 2.15. The highest BCUT2D eigenvalue weighted by atomic mass is 35.5. The van der Waals surface area contributed by atoms with E-state index in [0.29, 0.717) is 11.9 Å². The van der Waals surface area contributed by atoms with Crippen molar-refractivity contribution in [3.8, 4) is 0 Å². The molecule has 0 amide bonds. The lowest BCUT2D eigenvalue weighted by molar-refractivity contribution is 0.387. The first-order valence-electron chi connectivity index (χ1n) is 5.86. The van der Waals surface area contributed by atoms with Crippen LogP contribution in [-0.4, -0.2) is 22.8 Å². The van der Waals surface area contributed by atoms with Crippen molar-refractivity contribution in [2.24, 2.45) is 5.92 Å². The Labute approximate surface area is 102 Å². The van der Waals surface area contributed by atoms with Crippen molar-refractivity contribution in [2.45, 2.75) is 38.6 Å². The molecule has 1 saturated heterocycles. The fraction of sp³-hybridized carbons (Fsp3) is 0.667. The standard InChI is InChI=1S/C12H18ClN3/c1-9-3-4-10(2)16(8-9)12-6-5-11(7-13)14-15-12/h5-6,9-10H,3-4,7-8H2,1-2H3. The van der Waals surface area contributed by atoms with Gasteiger partial charge >= 0.3 is 0 Å². The Morgan fingerprint density at radius 1 is 1.31 bits per heavy atom. The van der Waals surface area contributed by atoms with Gasteiger partial charge in [-0.1, -0.05) is 6.92 Å². The lowest BCUT2D eigenvalue weighted by Gasteiger charge is -2.37. The van der Waals surface area contributed by atoms with Gasteiger partial charge in [-0.2, -0.15) is 5.10 Å². The zero-order valence-electron chi connectivity index (χ0n) is 9.86. The summed E-state index contributed by atoms with van der Waals surface area (Å²) in [5.74, 6) is 2.15. The minimum Gasteiger partial charge on any atom is -0.352 e. The van der Waals surface area contributed by atoms with E-state index in [4.69, 9.17) is 11.6 Å². The van der Waals surface area contributed by atoms with Crippen LogP contribution in [0.5, 0.6) is 0 Å². The number of halogens is 1. The zero-order chi connectivity index (χ0) is 11.5. The number of piperidine rings is 1. The normalized spacial score (nSPS) is 25.8. The predicted molar refractivity (Wildman–Crippen MR) is 66.8 cm³/mol. The number of hydrogen-bond acceptors (Lipinski definition) is 3. The summed E-state index contributed by atoms with van der Waals surface area (Å²) in [6, 6.07) is 4.55. The molecular weight excluding hydrogens is 222 g/mol. The molecule has 0 radical (unpaired) electrons. The van der Waals surface area contributed by atoms with Crippen molar-refractivity contribution in [1.82, 2.24) is 10.2 Å². The quantitative estimate of drug-likeness (QED) is 0.744. The van der Waals surface area contributed by atoms with E-state index in [1.165, 1.54) is 12.8 Å². The van der Waals surface area contributed by atoms with Crippen LogP contribution in [0.4, 0.5) is 5.82 Å². The second-order valence-corrected chi connectivity index (χ2v) is 4.97. The van der Waals surface area contributed by atoms with Crippen molar-refractivity contribution in [1.29, 1.82) is 0 Å². The molecule has 0 aliphatic carbocycles. The Kier molecular flexibility index (Phi) is 3.64. The SMILES string of the molecule is CC1CCC(C)N(c2ccc(CCl)nn2)C1. The third kappa shape index (κ3) is 2.46. The van der Waals surface area contributed by atoms with Gasteiger partial charge in [0.05, 0.1) is 11.6 Å². The molecule has 4 heteroatoms. The molecule has 2 atom stereocenters. The highest BCUT2D eigenvalue weighted by molar-refractivity contribution is 6.16. The van der Waals surface area contributed by atoms with Gasteiger partial charge in [-0.15, -0.1) is 16.7 Å². The first-order valence-corrected chi connectivity index (χ1v) is 6.39. The van der Waals surface area contributed by atoms with Crippen LogP contribution in [0, 0.1) is 5.92 Å². The second-order valence-electron chi connectivity index (χ2n) is 4.70. The van der Waals surface area contributed by atoms with E-state index < -0.39 is 0 Å². The fourth-order valence-electron chi connectivity index (χ4n) is 2.19. The molecule has 1 aliphatic rings. The minimum atomic E-state index is 0.430. The average molecular weight is 240 g/mol. The highest BCUT2D eigenvalue weighted by Crippen LogP contribution is 2.25. The van der Waals surface area contributed by atoms with Gasteiger partial charge in [-0.3, -0.25) is 0 Å². The van der Waals surface area contributed by atoms with Crippen LogP contribution in [0.15, 0.2) is 12.1 Å². The molecule has 16 heavy (non-hydrogen) atoms. The number of hydrogen-bond donors (Lipinski definition) is 0. The van der Waals surface area contributed by atoms with Crippen LogP contribution in [0.3, 0.4) is 0 Å². The third-order valence-corrected chi connectivity index (χ3v) is 3.53. The number of alkyl halides is 1. The van der Waals surface area contributed by atoms with E-state index in [1.54, 1.807) is 0 Å². The molecule has 1 aromatic rings. The van der Waals surface area contributed by atoms with E-state index in [0.717, 1.165) is 24.0 Å². The largest absolute Gasteiger partial charge is 0.352 e. The van der Waals surface area contributed by atoms with Crippen molar-refractivity contribution in [3.05, 3.63) is 17.8 Å². The smallest absolute Gasteiger partial charge is 0.151 e. The molecule has 0 spiro atoms. The minimum absolute atomic E-state index is 0.430. The first-order chi connectivity index (χ1) is 7.70. The van der Waals surface area contributed by atoms with Gasteiger partial charge in [-0.05, 0) is 37.8 Å². The first kappa shape index (κ1) is 11.6. The van der Waals surface area contributed by atoms with Gasteiger partial charge in [0.2, 0.25) is 0 Å². The van der Waals surface area contributed by atoms with Crippen LogP contribution in [-0.2, 0) is 5.88 Å². The van der Waals surface area contributed by atoms with Crippen molar-refractivity contribution in [3.63, 3.8) is 0 Å². The maximum absolute atomic E-state index is 5.70. The predicted octanol–water partition coefficient (Wildman–Crippen LogP) is 2.84. The summed E-state index contributed by atoms with van der Waals surface area (Å²) in [5.41, 5.74) is 0.836. The van der Waals surface area contributed by atoms with Gasteiger partial charge in [0.25, 0.3) is 0 Å². The Morgan fingerprint density at radius 3 is 2.75 bits per heavy atom. The Bertz CT molecular complexity index is 339. The lowest BCUT2D eigenvalue weighted by Crippen LogP contribution is -2.41. The van der Waals surface area contributed by atoms with E-state index in [9.17, 15) is 0 Å². The van der Waals surface area contributed by atoms with Crippen LogP contribution < -0.4 is 4.90 Å². The molecule has 3 nitrogen and oxygen atoms in total. The Hall–Kier alpha value is -0.830. The molecule has 2 unspecified atom stereocenters. The number of rotatable bonds is 2. The van der Waals surface area contributed by atoms with Crippen molar-refractivity contribution >= 4 is 17.4 Å². The van der Waals surface area contributed by atoms with E-state index in [1.807, 2.05) is 12.1 Å². The molecule has 0 bridgehead atoms. The van der Waals surface area contributed by atoms with E-state index in [-0.39, 0.29) is 0 Å². The number of anilines is 1. The zero-order valence-corrected chi connectivity index (χ0v) is 10.6. The average Bonchev–Trinajstić information content (AvgIpc) is 2.32. The topological polar surface area (TPSA) is 29.0 Å². The fourth-order valence-corrected chi connectivity index (χ4v) is 2.33. The molecule has 88 valence electrons. The molecule has 0 N–H and O–H groups in total. The van der Waals surface area contributed by atoms with Crippen LogP contribution in [0.25, 0.3) is 0 Å². The van der Waals surface area contributed by atoms with Crippen LogP contribution in [0.2, 0.25) is 0 Å². The van der Waals surface area contributed by atoms with E-state index in [2.05, 4.69) is 28.9 Å². The van der Waals surface area contributed by atoms with Gasteiger partial charge in [0.15, 0.2) is 5.82 Å². The summed E-state index contributed by atoms with van der Waals surface area (Å²) < 4.78 is 0. The number of nitrogens with zero attached hydrogens (tertiary/aromatic N) is 3. The molecule has 0 saturated carbocycles. The highest BCUT2D eigenvalue weighted by Gasteiger charge is 2.23.